The van der Waals surface area contributed by atoms with Crippen molar-refractivity contribution >= 4 is 33.6 Å². The molecule has 0 heterocycles. The lowest BCUT2D eigenvalue weighted by atomic mass is 9.96. The number of ether oxygens (including phenoxy) is 1. The molecule has 0 N–H and O–H groups in total. The van der Waals surface area contributed by atoms with E-state index in [4.69, 9.17) is 4.74 Å². The van der Waals surface area contributed by atoms with Crippen LogP contribution in [0.5, 0.6) is 0 Å². The Morgan fingerprint density at radius 1 is 1.08 bits per heavy atom. The second kappa shape index (κ2) is 7.78. The first-order chi connectivity index (χ1) is 12.6. The highest BCUT2D eigenvalue weighted by atomic mass is 16.6. The molecule has 0 fully saturated rings. The van der Waals surface area contributed by atoms with Gasteiger partial charge in [-0.25, -0.2) is 0 Å². The zero-order chi connectivity index (χ0) is 18.5. The summed E-state index contributed by atoms with van der Waals surface area (Å²) in [5, 5.41) is 15.7. The molecule has 0 unspecified atom stereocenters. The molecular formula is C21H19NO4. The number of nitrogens with zero attached hydrogens (tertiary/aromatic N) is 1. The molecule has 0 spiro atoms. The number of rotatable bonds is 6. The molecule has 26 heavy (non-hydrogen) atoms. The number of benzene rings is 3. The molecule has 3 rings (SSSR count). The number of esters is 1. The van der Waals surface area contributed by atoms with Crippen molar-refractivity contribution in [1.82, 2.24) is 0 Å². The molecule has 0 aliphatic carbocycles. The van der Waals surface area contributed by atoms with Crippen LogP contribution in [0.25, 0.3) is 27.6 Å². The molecule has 132 valence electrons. The van der Waals surface area contributed by atoms with Crippen molar-refractivity contribution in [2.24, 2.45) is 0 Å². The van der Waals surface area contributed by atoms with Crippen molar-refractivity contribution in [2.45, 2.75) is 19.8 Å². The van der Waals surface area contributed by atoms with E-state index >= 15 is 0 Å². The average Bonchev–Trinajstić information content (AvgIpc) is 2.63. The Kier molecular flexibility index (Phi) is 5.27. The third-order valence-electron chi connectivity index (χ3n) is 4.24. The number of hydrogen-bond donors (Lipinski definition) is 0. The zero-order valence-corrected chi connectivity index (χ0v) is 14.5. The number of carbonyl (C=O) groups excluding carboxylic acids is 1. The van der Waals surface area contributed by atoms with Crippen LogP contribution in [0.1, 0.15) is 25.3 Å². The van der Waals surface area contributed by atoms with E-state index in [0.29, 0.717) is 6.42 Å². The van der Waals surface area contributed by atoms with Crippen molar-refractivity contribution in [3.63, 3.8) is 0 Å². The molecule has 0 radical (unpaired) electrons. The molecule has 5 heteroatoms. The molecule has 0 aliphatic rings. The van der Waals surface area contributed by atoms with Gasteiger partial charge in [0.25, 0.3) is 0 Å². The third-order valence-corrected chi connectivity index (χ3v) is 4.24. The van der Waals surface area contributed by atoms with Crippen molar-refractivity contribution in [3.05, 3.63) is 76.0 Å². The Morgan fingerprint density at radius 3 is 2.42 bits per heavy atom. The monoisotopic (exact) mass is 349 g/mol. The maximum atomic E-state index is 11.5. The highest BCUT2D eigenvalue weighted by Gasteiger charge is 2.13. The lowest BCUT2D eigenvalue weighted by Gasteiger charge is -2.08. The topological polar surface area (TPSA) is 69.4 Å². The summed E-state index contributed by atoms with van der Waals surface area (Å²) in [6.45, 7) is 1.50. The predicted octanol–water partition coefficient (Wildman–Crippen LogP) is 4.95. The number of nitro groups is 1. The normalized spacial score (nSPS) is 11.7. The number of carbonyl (C=O) groups is 1. The van der Waals surface area contributed by atoms with Crippen LogP contribution in [0.2, 0.25) is 0 Å². The first kappa shape index (κ1) is 17.6. The van der Waals surface area contributed by atoms with Crippen LogP contribution in [-0.2, 0) is 9.53 Å². The van der Waals surface area contributed by atoms with E-state index in [9.17, 15) is 14.9 Å². The summed E-state index contributed by atoms with van der Waals surface area (Å²) in [6, 6.07) is 17.9. The fourth-order valence-electron chi connectivity index (χ4n) is 3.07. The highest BCUT2D eigenvalue weighted by molar-refractivity contribution is 6.10. The molecule has 0 aliphatic heterocycles. The van der Waals surface area contributed by atoms with Gasteiger partial charge in [0.2, 0.25) is 5.70 Å². The largest absolute Gasteiger partial charge is 0.466 e. The molecule has 0 saturated heterocycles. The van der Waals surface area contributed by atoms with E-state index in [1.807, 2.05) is 48.5 Å². The quantitative estimate of drug-likeness (QED) is 0.207. The standard InChI is InChI=1S/C21H19NO4/c1-15(23)26-12-6-8-18(22(24)25)14-17-13-16-7-2-3-9-19(16)21-11-5-4-10-20(17)21/h2-5,7,9-11,13-14H,6,8,12H2,1H3. The average molecular weight is 349 g/mol. The van der Waals surface area contributed by atoms with Crippen molar-refractivity contribution < 1.29 is 14.5 Å². The summed E-state index contributed by atoms with van der Waals surface area (Å²) in [5.74, 6) is -0.378. The van der Waals surface area contributed by atoms with Gasteiger partial charge in [-0.1, -0.05) is 48.5 Å². The van der Waals surface area contributed by atoms with Crippen molar-refractivity contribution in [2.75, 3.05) is 6.61 Å². The Bertz CT molecular complexity index is 1010. The van der Waals surface area contributed by atoms with Gasteiger partial charge in [-0.3, -0.25) is 14.9 Å². The van der Waals surface area contributed by atoms with Gasteiger partial charge in [0.05, 0.1) is 11.5 Å². The van der Waals surface area contributed by atoms with Gasteiger partial charge in [0.15, 0.2) is 0 Å². The maximum Gasteiger partial charge on any atom is 0.302 e. The second-order valence-electron chi connectivity index (χ2n) is 6.07. The van der Waals surface area contributed by atoms with E-state index in [1.165, 1.54) is 6.92 Å². The van der Waals surface area contributed by atoms with Crippen LogP contribution in [0, 0.1) is 10.1 Å². The molecule has 0 atom stereocenters. The predicted molar refractivity (Wildman–Crippen MR) is 102 cm³/mol. The van der Waals surface area contributed by atoms with Crippen LogP contribution >= 0.6 is 0 Å². The lowest BCUT2D eigenvalue weighted by molar-refractivity contribution is -0.426. The van der Waals surface area contributed by atoms with Crippen molar-refractivity contribution in [1.29, 1.82) is 0 Å². The molecule has 5 nitrogen and oxygen atoms in total. The molecular weight excluding hydrogens is 330 g/mol. The van der Waals surface area contributed by atoms with Gasteiger partial charge in [0, 0.05) is 19.4 Å². The number of allylic oxidation sites excluding steroid dienone is 1. The summed E-state index contributed by atoms with van der Waals surface area (Å²) in [5.41, 5.74) is 0.927. The molecule has 0 saturated carbocycles. The molecule has 3 aromatic rings. The minimum absolute atomic E-state index is 0.109. The van der Waals surface area contributed by atoms with Crippen molar-refractivity contribution in [3.8, 4) is 0 Å². The Balaban J connectivity index is 2.02. The first-order valence-corrected chi connectivity index (χ1v) is 8.45. The van der Waals surface area contributed by atoms with Gasteiger partial charge in [-0.15, -0.1) is 0 Å². The number of fused-ring (bicyclic) bond motifs is 3. The fourth-order valence-corrected chi connectivity index (χ4v) is 3.07. The van der Waals surface area contributed by atoms with E-state index in [0.717, 1.165) is 27.1 Å². The van der Waals surface area contributed by atoms with Crippen LogP contribution < -0.4 is 0 Å². The van der Waals surface area contributed by atoms with Gasteiger partial charge in [0.1, 0.15) is 0 Å². The summed E-state index contributed by atoms with van der Waals surface area (Å²) in [6.07, 6.45) is 2.28. The van der Waals surface area contributed by atoms with Crippen LogP contribution in [0.15, 0.2) is 60.3 Å². The number of hydrogen-bond acceptors (Lipinski definition) is 4. The fraction of sp³-hybridized carbons (Fsp3) is 0.190. The molecule has 0 amide bonds. The summed E-state index contributed by atoms with van der Waals surface area (Å²) in [4.78, 5) is 21.9. The SMILES string of the molecule is CC(=O)OCCCC(=Cc1cc2ccccc2c2ccccc12)[N+](=O)[O-]. The Hall–Kier alpha value is -3.21. The molecule has 0 bridgehead atoms. The Morgan fingerprint density at radius 2 is 1.73 bits per heavy atom. The highest BCUT2D eigenvalue weighted by Crippen LogP contribution is 2.30. The van der Waals surface area contributed by atoms with Crippen LogP contribution in [0.4, 0.5) is 0 Å². The van der Waals surface area contributed by atoms with E-state index in [2.05, 4.69) is 6.07 Å². The molecule has 3 aromatic carbocycles. The van der Waals surface area contributed by atoms with Crippen LogP contribution in [-0.4, -0.2) is 17.5 Å². The van der Waals surface area contributed by atoms with Gasteiger partial charge >= 0.3 is 5.97 Å². The smallest absolute Gasteiger partial charge is 0.302 e. The maximum absolute atomic E-state index is 11.5. The zero-order valence-electron chi connectivity index (χ0n) is 14.5. The minimum Gasteiger partial charge on any atom is -0.466 e. The minimum atomic E-state index is -0.378. The first-order valence-electron chi connectivity index (χ1n) is 8.45. The molecule has 0 aromatic heterocycles. The lowest BCUT2D eigenvalue weighted by Crippen LogP contribution is -2.04. The summed E-state index contributed by atoms with van der Waals surface area (Å²) >= 11 is 0. The van der Waals surface area contributed by atoms with E-state index < -0.39 is 0 Å². The van der Waals surface area contributed by atoms with E-state index in [-0.39, 0.29) is 29.6 Å². The van der Waals surface area contributed by atoms with E-state index in [1.54, 1.807) is 6.08 Å². The summed E-state index contributed by atoms with van der Waals surface area (Å²) < 4.78 is 4.86. The summed E-state index contributed by atoms with van der Waals surface area (Å²) in [7, 11) is 0. The van der Waals surface area contributed by atoms with Gasteiger partial charge in [-0.05, 0) is 39.6 Å². The Labute approximate surface area is 151 Å². The van der Waals surface area contributed by atoms with Crippen LogP contribution in [0.3, 0.4) is 0 Å². The second-order valence-corrected chi connectivity index (χ2v) is 6.07. The third kappa shape index (κ3) is 3.88. The van der Waals surface area contributed by atoms with Gasteiger partial charge < -0.3 is 4.74 Å². The van der Waals surface area contributed by atoms with Gasteiger partial charge in [-0.2, -0.15) is 0 Å².